The number of ether oxygens (including phenoxy) is 2. The molecule has 1 aromatic carbocycles. The normalized spacial score (nSPS) is 13.6. The van der Waals surface area contributed by atoms with Gasteiger partial charge in [0.25, 0.3) is 0 Å². The van der Waals surface area contributed by atoms with Crippen LogP contribution >= 0.6 is 0 Å². The Morgan fingerprint density at radius 1 is 1.35 bits per heavy atom. The van der Waals surface area contributed by atoms with Gasteiger partial charge in [-0.2, -0.15) is 5.10 Å². The van der Waals surface area contributed by atoms with Gasteiger partial charge >= 0.3 is 0 Å². The molecule has 7 nitrogen and oxygen atoms in total. The lowest BCUT2D eigenvalue weighted by Crippen LogP contribution is -2.18. The predicted molar refractivity (Wildman–Crippen MR) is 73.0 cm³/mol. The molecule has 0 radical (unpaired) electrons. The van der Waals surface area contributed by atoms with Crippen LogP contribution in [0.1, 0.15) is 13.3 Å². The molecule has 0 saturated carbocycles. The van der Waals surface area contributed by atoms with Gasteiger partial charge in [0.2, 0.25) is 12.3 Å². The van der Waals surface area contributed by atoms with Crippen LogP contribution in [-0.2, 0) is 9.59 Å². The fourth-order valence-electron chi connectivity index (χ4n) is 1.73. The van der Waals surface area contributed by atoms with Crippen molar-refractivity contribution in [2.24, 2.45) is 5.10 Å². The van der Waals surface area contributed by atoms with E-state index in [2.05, 4.69) is 15.8 Å². The molecule has 0 bridgehead atoms. The van der Waals surface area contributed by atoms with Gasteiger partial charge in [-0.1, -0.05) is 0 Å². The third kappa shape index (κ3) is 3.71. The van der Waals surface area contributed by atoms with E-state index >= 15 is 0 Å². The number of carbonyl (C=O) groups excluding carboxylic acids is 2. The first kappa shape index (κ1) is 13.9. The lowest BCUT2D eigenvalue weighted by molar-refractivity contribution is -0.115. The molecule has 0 aromatic heterocycles. The minimum absolute atomic E-state index is 0.0925. The van der Waals surface area contributed by atoms with E-state index in [0.717, 1.165) is 0 Å². The first-order valence-corrected chi connectivity index (χ1v) is 6.11. The highest BCUT2D eigenvalue weighted by Gasteiger charge is 2.13. The van der Waals surface area contributed by atoms with Gasteiger partial charge in [-0.05, 0) is 19.1 Å². The standard InChI is InChI=1S/C13H15N3O4/c1-9(16-14-8-17)6-13(18)15-10-2-3-11-12(7-10)20-5-4-19-11/h2-3,7-8H,4-6H2,1H3,(H,14,17)(H,15,18). The third-order valence-electron chi connectivity index (χ3n) is 2.55. The SMILES string of the molecule is CC(CC(=O)Nc1ccc2c(c1)OCCO2)=NNC=O. The summed E-state index contributed by atoms with van der Waals surface area (Å²) in [5, 5.41) is 6.42. The zero-order valence-electron chi connectivity index (χ0n) is 11.0. The topological polar surface area (TPSA) is 89.0 Å². The first-order chi connectivity index (χ1) is 9.69. The van der Waals surface area contributed by atoms with Crippen molar-refractivity contribution in [3.8, 4) is 11.5 Å². The second kappa shape index (κ2) is 6.55. The zero-order chi connectivity index (χ0) is 14.4. The molecule has 0 unspecified atom stereocenters. The lowest BCUT2D eigenvalue weighted by atomic mass is 10.2. The maximum atomic E-state index is 11.8. The number of hydrazone groups is 1. The molecule has 0 spiro atoms. The fraction of sp³-hybridized carbons (Fsp3) is 0.308. The molecule has 0 fully saturated rings. The molecule has 1 aliphatic rings. The van der Waals surface area contributed by atoms with Crippen LogP contribution < -0.4 is 20.2 Å². The fourth-order valence-corrected chi connectivity index (χ4v) is 1.73. The molecule has 0 atom stereocenters. The summed E-state index contributed by atoms with van der Waals surface area (Å²) in [6.07, 6.45) is 0.539. The Hall–Kier alpha value is -2.57. The number of nitrogens with one attached hydrogen (secondary N) is 2. The number of nitrogens with zero attached hydrogens (tertiary/aromatic N) is 1. The van der Waals surface area contributed by atoms with Crippen molar-refractivity contribution in [3.63, 3.8) is 0 Å². The van der Waals surface area contributed by atoms with Gasteiger partial charge in [-0.15, -0.1) is 0 Å². The smallest absolute Gasteiger partial charge is 0.230 e. The molecule has 106 valence electrons. The van der Waals surface area contributed by atoms with Crippen LogP contribution in [0.15, 0.2) is 23.3 Å². The van der Waals surface area contributed by atoms with E-state index < -0.39 is 0 Å². The van der Waals surface area contributed by atoms with Crippen LogP contribution in [0.4, 0.5) is 5.69 Å². The van der Waals surface area contributed by atoms with Crippen molar-refractivity contribution < 1.29 is 19.1 Å². The summed E-state index contributed by atoms with van der Waals surface area (Å²) in [6, 6.07) is 5.20. The van der Waals surface area contributed by atoms with E-state index in [4.69, 9.17) is 9.47 Å². The highest BCUT2D eigenvalue weighted by molar-refractivity contribution is 6.05. The van der Waals surface area contributed by atoms with Crippen molar-refractivity contribution in [2.75, 3.05) is 18.5 Å². The monoisotopic (exact) mass is 277 g/mol. The van der Waals surface area contributed by atoms with Crippen LogP contribution in [0.3, 0.4) is 0 Å². The molecule has 7 heteroatoms. The number of amides is 2. The summed E-state index contributed by atoms with van der Waals surface area (Å²) in [5.41, 5.74) is 3.28. The number of fused-ring (bicyclic) bond motifs is 1. The zero-order valence-corrected chi connectivity index (χ0v) is 11.0. The highest BCUT2D eigenvalue weighted by Crippen LogP contribution is 2.32. The molecule has 1 heterocycles. The molecule has 2 N–H and O–H groups in total. The van der Waals surface area contributed by atoms with Crippen LogP contribution in [0.2, 0.25) is 0 Å². The maximum Gasteiger partial charge on any atom is 0.230 e. The van der Waals surface area contributed by atoms with E-state index in [1.165, 1.54) is 0 Å². The molecule has 20 heavy (non-hydrogen) atoms. The Kier molecular flexibility index (Phi) is 4.54. The predicted octanol–water partition coefficient (Wildman–Crippen LogP) is 0.908. The number of carbonyl (C=O) groups is 2. The van der Waals surface area contributed by atoms with Crippen LogP contribution in [0.5, 0.6) is 11.5 Å². The van der Waals surface area contributed by atoms with Gasteiger partial charge < -0.3 is 14.8 Å². The summed E-state index contributed by atoms with van der Waals surface area (Å²) < 4.78 is 10.8. The van der Waals surface area contributed by atoms with Crippen molar-refractivity contribution in [1.82, 2.24) is 5.43 Å². The van der Waals surface area contributed by atoms with Gasteiger partial charge in [-0.3, -0.25) is 9.59 Å². The Bertz CT molecular complexity index is 542. The minimum atomic E-state index is -0.226. The third-order valence-corrected chi connectivity index (χ3v) is 2.55. The highest BCUT2D eigenvalue weighted by atomic mass is 16.6. The summed E-state index contributed by atoms with van der Waals surface area (Å²) in [6.45, 7) is 2.67. The van der Waals surface area contributed by atoms with Gasteiger partial charge in [0.05, 0.1) is 6.42 Å². The number of rotatable bonds is 5. The minimum Gasteiger partial charge on any atom is -0.486 e. The second-order valence-corrected chi connectivity index (χ2v) is 4.18. The van der Waals surface area contributed by atoms with E-state index in [1.807, 2.05) is 0 Å². The quantitative estimate of drug-likeness (QED) is 0.475. The van der Waals surface area contributed by atoms with Crippen molar-refractivity contribution in [1.29, 1.82) is 0 Å². The van der Waals surface area contributed by atoms with E-state index in [-0.39, 0.29) is 12.3 Å². The molecular formula is C13H15N3O4. The van der Waals surface area contributed by atoms with Crippen molar-refractivity contribution in [3.05, 3.63) is 18.2 Å². The Labute approximate surface area is 115 Å². The average Bonchev–Trinajstić information content (AvgIpc) is 2.44. The largest absolute Gasteiger partial charge is 0.486 e. The lowest BCUT2D eigenvalue weighted by Gasteiger charge is -2.19. The number of benzene rings is 1. The Balaban J connectivity index is 1.96. The van der Waals surface area contributed by atoms with E-state index in [9.17, 15) is 9.59 Å². The molecule has 1 aliphatic heterocycles. The second-order valence-electron chi connectivity index (χ2n) is 4.18. The molecule has 1 aromatic rings. The summed E-state index contributed by atoms with van der Waals surface area (Å²) in [5.74, 6) is 1.06. The van der Waals surface area contributed by atoms with E-state index in [0.29, 0.717) is 42.5 Å². The maximum absolute atomic E-state index is 11.8. The number of hydrogen-bond donors (Lipinski definition) is 2. The van der Waals surface area contributed by atoms with Gasteiger partial charge in [-0.25, -0.2) is 5.43 Å². The van der Waals surface area contributed by atoms with Crippen LogP contribution in [0, 0.1) is 0 Å². The molecule has 2 rings (SSSR count). The summed E-state index contributed by atoms with van der Waals surface area (Å²) in [7, 11) is 0. The van der Waals surface area contributed by atoms with Gasteiger partial charge in [0, 0.05) is 17.5 Å². The summed E-state index contributed by atoms with van der Waals surface area (Å²) >= 11 is 0. The molecule has 2 amide bonds. The molecular weight excluding hydrogens is 262 g/mol. The van der Waals surface area contributed by atoms with E-state index in [1.54, 1.807) is 25.1 Å². The summed E-state index contributed by atoms with van der Waals surface area (Å²) in [4.78, 5) is 21.9. The van der Waals surface area contributed by atoms with Crippen LogP contribution in [0.25, 0.3) is 0 Å². The van der Waals surface area contributed by atoms with Crippen molar-refractivity contribution >= 4 is 23.7 Å². The Morgan fingerprint density at radius 3 is 2.85 bits per heavy atom. The Morgan fingerprint density at radius 2 is 2.10 bits per heavy atom. The first-order valence-electron chi connectivity index (χ1n) is 6.11. The van der Waals surface area contributed by atoms with Gasteiger partial charge in [0.1, 0.15) is 13.2 Å². The van der Waals surface area contributed by atoms with Crippen molar-refractivity contribution in [2.45, 2.75) is 13.3 Å². The molecule has 0 aliphatic carbocycles. The number of hydrogen-bond acceptors (Lipinski definition) is 5. The van der Waals surface area contributed by atoms with Crippen LogP contribution in [-0.4, -0.2) is 31.2 Å². The number of anilines is 1. The average molecular weight is 277 g/mol. The molecule has 0 saturated heterocycles. The van der Waals surface area contributed by atoms with Gasteiger partial charge in [0.15, 0.2) is 11.5 Å².